The van der Waals surface area contributed by atoms with Crippen molar-refractivity contribution in [3.63, 3.8) is 0 Å². The van der Waals surface area contributed by atoms with Gasteiger partial charge in [0.15, 0.2) is 5.16 Å². The van der Waals surface area contributed by atoms with Crippen molar-refractivity contribution in [2.75, 3.05) is 16.4 Å². The third-order valence-electron chi connectivity index (χ3n) is 3.97. The number of hydrogen-bond acceptors (Lipinski definition) is 5. The zero-order valence-corrected chi connectivity index (χ0v) is 16.6. The number of thioether (sulfide) groups is 1. The van der Waals surface area contributed by atoms with Crippen molar-refractivity contribution >= 4 is 51.0 Å². The molecule has 2 heterocycles. The minimum absolute atomic E-state index is 0.0978. The summed E-state index contributed by atoms with van der Waals surface area (Å²) in [5, 5.41) is 5.83. The molecule has 9 heteroatoms. The zero-order valence-electron chi connectivity index (χ0n) is 14.2. The fraction of sp³-hybridized carbons (Fsp3) is 0.294. The maximum atomic E-state index is 12.8. The Bertz CT molecular complexity index is 944. The molecule has 1 aromatic heterocycles. The number of nitrogens with one attached hydrogen (secondary N) is 3. The van der Waals surface area contributed by atoms with Gasteiger partial charge < -0.3 is 15.6 Å². The van der Waals surface area contributed by atoms with Crippen molar-refractivity contribution in [3.8, 4) is 0 Å². The summed E-state index contributed by atoms with van der Waals surface area (Å²) in [6, 6.07) is 5.46. The number of carbonyl (C=O) groups is 2. The van der Waals surface area contributed by atoms with Gasteiger partial charge in [0.25, 0.3) is 5.56 Å². The maximum Gasteiger partial charge on any atom is 0.257 e. The molecule has 7 nitrogen and oxygen atoms in total. The number of fused-ring (bicyclic) bond motifs is 1. The quantitative estimate of drug-likeness (QED) is 0.504. The van der Waals surface area contributed by atoms with Crippen LogP contribution in [0.15, 0.2) is 32.6 Å². The van der Waals surface area contributed by atoms with E-state index in [0.717, 1.165) is 15.8 Å². The average molecular weight is 437 g/mol. The molecule has 0 spiro atoms. The van der Waals surface area contributed by atoms with E-state index in [1.165, 1.54) is 11.8 Å². The normalized spacial score (nSPS) is 16.0. The lowest BCUT2D eigenvalue weighted by molar-refractivity contribution is -0.123. The minimum Gasteiger partial charge on any atom is -0.325 e. The van der Waals surface area contributed by atoms with Crippen LogP contribution in [0.1, 0.15) is 30.4 Å². The first-order valence-corrected chi connectivity index (χ1v) is 9.80. The summed E-state index contributed by atoms with van der Waals surface area (Å²) < 4.78 is 0.900. The summed E-state index contributed by atoms with van der Waals surface area (Å²) in [6.45, 7) is 3.80. The molecule has 3 rings (SSSR count). The smallest absolute Gasteiger partial charge is 0.257 e. The number of H-pyrrole nitrogens is 1. The van der Waals surface area contributed by atoms with Gasteiger partial charge in [0, 0.05) is 16.6 Å². The lowest BCUT2D eigenvalue weighted by Crippen LogP contribution is -2.36. The highest BCUT2D eigenvalue weighted by molar-refractivity contribution is 9.10. The third kappa shape index (κ3) is 3.83. The van der Waals surface area contributed by atoms with Crippen LogP contribution in [0.5, 0.6) is 0 Å². The van der Waals surface area contributed by atoms with Gasteiger partial charge in [-0.15, -0.1) is 0 Å². The highest BCUT2D eigenvalue weighted by Crippen LogP contribution is 2.31. The van der Waals surface area contributed by atoms with Crippen LogP contribution in [0.4, 0.5) is 11.5 Å². The molecule has 0 aliphatic carbocycles. The highest BCUT2D eigenvalue weighted by atomic mass is 79.9. The fourth-order valence-electron chi connectivity index (χ4n) is 2.77. The number of amides is 2. The summed E-state index contributed by atoms with van der Waals surface area (Å²) in [4.78, 5) is 44.3. The van der Waals surface area contributed by atoms with Crippen molar-refractivity contribution < 1.29 is 9.59 Å². The number of benzene rings is 1. The second-order valence-corrected chi connectivity index (χ2v) is 7.99. The zero-order chi connectivity index (χ0) is 18.8. The van der Waals surface area contributed by atoms with Crippen LogP contribution in [0.3, 0.4) is 0 Å². The van der Waals surface area contributed by atoms with Crippen LogP contribution >= 0.6 is 27.7 Å². The van der Waals surface area contributed by atoms with E-state index in [4.69, 9.17) is 0 Å². The molecule has 1 aliphatic heterocycles. The standard InChI is InChI=1S/C17H17BrN4O3S/c1-3-26-17-21-14-13(16(25)22-17)10(7-12(23)20-14)15(24)19-11-5-4-9(18)6-8(11)2/h4-6,10H,3,7H2,1-2H3,(H,19,24)(H2,20,21,22,23,25)/t10-/m0/s1. The molecule has 0 bridgehead atoms. The topological polar surface area (TPSA) is 104 Å². The van der Waals surface area contributed by atoms with Crippen molar-refractivity contribution in [1.29, 1.82) is 0 Å². The molecule has 1 atom stereocenters. The number of aromatic amines is 1. The first kappa shape index (κ1) is 18.7. The largest absolute Gasteiger partial charge is 0.325 e. The van der Waals surface area contributed by atoms with Gasteiger partial charge in [-0.05, 0) is 36.4 Å². The molecule has 0 fully saturated rings. The Hall–Kier alpha value is -2.13. The molecule has 0 unspecified atom stereocenters. The molecule has 0 saturated carbocycles. The summed E-state index contributed by atoms with van der Waals surface area (Å²) in [6.07, 6.45) is -0.0978. The Morgan fingerprint density at radius 2 is 2.19 bits per heavy atom. The van der Waals surface area contributed by atoms with E-state index in [2.05, 4.69) is 36.5 Å². The van der Waals surface area contributed by atoms with Gasteiger partial charge in [-0.2, -0.15) is 0 Å². The summed E-state index contributed by atoms with van der Waals surface area (Å²) >= 11 is 4.73. The number of anilines is 2. The van der Waals surface area contributed by atoms with Gasteiger partial charge in [0.2, 0.25) is 11.8 Å². The van der Waals surface area contributed by atoms with Gasteiger partial charge in [-0.25, -0.2) is 4.98 Å². The molecule has 2 amide bonds. The lowest BCUT2D eigenvalue weighted by atomic mass is 9.92. The predicted octanol–water partition coefficient (Wildman–Crippen LogP) is 3.02. The minimum atomic E-state index is -0.890. The summed E-state index contributed by atoms with van der Waals surface area (Å²) in [5.74, 6) is -0.750. The molecular formula is C17H17BrN4O3S. The number of carbonyl (C=O) groups excluding carboxylic acids is 2. The van der Waals surface area contributed by atoms with Crippen molar-refractivity contribution in [1.82, 2.24) is 9.97 Å². The van der Waals surface area contributed by atoms with Gasteiger partial charge in [0.05, 0.1) is 11.5 Å². The van der Waals surface area contributed by atoms with Crippen molar-refractivity contribution in [2.45, 2.75) is 31.3 Å². The van der Waals surface area contributed by atoms with E-state index in [-0.39, 0.29) is 23.7 Å². The summed E-state index contributed by atoms with van der Waals surface area (Å²) in [7, 11) is 0. The molecular weight excluding hydrogens is 420 g/mol. The number of aromatic nitrogens is 2. The maximum absolute atomic E-state index is 12.8. The Morgan fingerprint density at radius 3 is 2.88 bits per heavy atom. The highest BCUT2D eigenvalue weighted by Gasteiger charge is 2.34. The van der Waals surface area contributed by atoms with Gasteiger partial charge >= 0.3 is 0 Å². The first-order chi connectivity index (χ1) is 12.4. The van der Waals surface area contributed by atoms with Crippen LogP contribution in [-0.2, 0) is 9.59 Å². The fourth-order valence-corrected chi connectivity index (χ4v) is 3.84. The molecule has 0 radical (unpaired) electrons. The number of hydrogen-bond donors (Lipinski definition) is 3. The number of rotatable bonds is 4. The molecule has 136 valence electrons. The predicted molar refractivity (Wildman–Crippen MR) is 105 cm³/mol. The van der Waals surface area contributed by atoms with Crippen molar-refractivity contribution in [3.05, 3.63) is 44.2 Å². The van der Waals surface area contributed by atoms with E-state index in [1.807, 2.05) is 26.0 Å². The number of halogens is 1. The SMILES string of the molecule is CCSc1nc2c(c(=O)[nH]1)[C@@H](C(=O)Nc1ccc(Br)cc1C)CC(=O)N2. The molecule has 0 saturated heterocycles. The second-order valence-electron chi connectivity index (χ2n) is 5.82. The van der Waals surface area contributed by atoms with Gasteiger partial charge in [-0.3, -0.25) is 14.4 Å². The van der Waals surface area contributed by atoms with E-state index in [0.29, 0.717) is 10.8 Å². The van der Waals surface area contributed by atoms with Crippen LogP contribution in [0, 0.1) is 6.92 Å². The molecule has 1 aromatic carbocycles. The monoisotopic (exact) mass is 436 g/mol. The lowest BCUT2D eigenvalue weighted by Gasteiger charge is -2.23. The van der Waals surface area contributed by atoms with Crippen LogP contribution in [-0.4, -0.2) is 27.5 Å². The Morgan fingerprint density at radius 1 is 1.42 bits per heavy atom. The molecule has 2 aromatic rings. The van der Waals surface area contributed by atoms with E-state index < -0.39 is 17.4 Å². The van der Waals surface area contributed by atoms with E-state index in [9.17, 15) is 14.4 Å². The van der Waals surface area contributed by atoms with E-state index >= 15 is 0 Å². The third-order valence-corrected chi connectivity index (χ3v) is 5.22. The van der Waals surface area contributed by atoms with Crippen LogP contribution < -0.4 is 16.2 Å². The Balaban J connectivity index is 1.95. The molecule has 3 N–H and O–H groups in total. The number of nitrogens with zero attached hydrogens (tertiary/aromatic N) is 1. The van der Waals surface area contributed by atoms with Gasteiger partial charge in [0.1, 0.15) is 5.82 Å². The van der Waals surface area contributed by atoms with Crippen LogP contribution in [0.2, 0.25) is 0 Å². The summed E-state index contributed by atoms with van der Waals surface area (Å²) in [5.41, 5.74) is 1.29. The Kier molecular flexibility index (Phi) is 5.47. The van der Waals surface area contributed by atoms with Crippen LogP contribution in [0.25, 0.3) is 0 Å². The first-order valence-electron chi connectivity index (χ1n) is 8.03. The molecule has 1 aliphatic rings. The molecule has 26 heavy (non-hydrogen) atoms. The van der Waals surface area contributed by atoms with Gasteiger partial charge in [-0.1, -0.05) is 34.6 Å². The second kappa shape index (κ2) is 7.63. The Labute approximate surface area is 162 Å². The van der Waals surface area contributed by atoms with E-state index in [1.54, 1.807) is 6.07 Å². The number of aryl methyl sites for hydroxylation is 1. The average Bonchev–Trinajstić information content (AvgIpc) is 2.56. The van der Waals surface area contributed by atoms with Crippen molar-refractivity contribution in [2.24, 2.45) is 0 Å².